The molecule has 170 valence electrons. The molecule has 0 aliphatic carbocycles. The number of nitrogens with zero attached hydrogens (tertiary/aromatic N) is 4. The van der Waals surface area contributed by atoms with Crippen LogP contribution in [0.3, 0.4) is 0 Å². The second kappa shape index (κ2) is 10.1. The average molecular weight is 572 g/mol. The van der Waals surface area contributed by atoms with Crippen LogP contribution in [0.4, 0.5) is 11.5 Å². The monoisotopic (exact) mass is 572 g/mol. The number of aryl methyl sites for hydroxylation is 1. The Balaban J connectivity index is 1.64. The van der Waals surface area contributed by atoms with Gasteiger partial charge in [-0.3, -0.25) is 14.2 Å². The number of hydrogen-bond donors (Lipinski definition) is 2. The van der Waals surface area contributed by atoms with Gasteiger partial charge in [-0.1, -0.05) is 0 Å². The van der Waals surface area contributed by atoms with Gasteiger partial charge in [0.1, 0.15) is 0 Å². The number of anilines is 2. The van der Waals surface area contributed by atoms with Crippen molar-refractivity contribution in [2.75, 3.05) is 24.3 Å². The smallest absolute Gasteiger partial charge is 0.321 e. The highest BCUT2D eigenvalue weighted by atomic mass is 127. The van der Waals surface area contributed by atoms with Crippen molar-refractivity contribution in [1.82, 2.24) is 19.7 Å². The number of sulfonamides is 1. The van der Waals surface area contributed by atoms with E-state index in [1.807, 2.05) is 6.92 Å². The van der Waals surface area contributed by atoms with E-state index < -0.39 is 10.0 Å². The number of aromatic nitrogens is 4. The summed E-state index contributed by atoms with van der Waals surface area (Å²) >= 11 is 2.19. The fourth-order valence-electron chi connectivity index (χ4n) is 2.65. The van der Waals surface area contributed by atoms with E-state index in [2.05, 4.69) is 47.7 Å². The molecule has 1 amide bonds. The average Bonchev–Trinajstić information content (AvgIpc) is 3.09. The van der Waals surface area contributed by atoms with E-state index in [9.17, 15) is 13.2 Å². The van der Waals surface area contributed by atoms with Gasteiger partial charge < -0.3 is 14.8 Å². The van der Waals surface area contributed by atoms with Gasteiger partial charge in [-0.05, 0) is 53.8 Å². The minimum absolute atomic E-state index is 0.00495. The maximum absolute atomic E-state index is 12.7. The van der Waals surface area contributed by atoms with Crippen LogP contribution >= 0.6 is 22.6 Å². The van der Waals surface area contributed by atoms with E-state index in [-0.39, 0.29) is 34.9 Å². The molecule has 2 aromatic heterocycles. The molecule has 0 saturated carbocycles. The van der Waals surface area contributed by atoms with Crippen LogP contribution in [0.2, 0.25) is 0 Å². The van der Waals surface area contributed by atoms with E-state index in [1.165, 1.54) is 44.6 Å². The van der Waals surface area contributed by atoms with Crippen molar-refractivity contribution in [2.24, 2.45) is 0 Å². The molecule has 11 nitrogen and oxygen atoms in total. The largest absolute Gasteiger partial charge is 0.481 e. The lowest BCUT2D eigenvalue weighted by Crippen LogP contribution is -2.16. The van der Waals surface area contributed by atoms with Gasteiger partial charge in [0.25, 0.3) is 10.0 Å². The van der Waals surface area contributed by atoms with Crippen LogP contribution in [0.1, 0.15) is 12.1 Å². The van der Waals surface area contributed by atoms with Crippen LogP contribution in [-0.2, 0) is 21.4 Å². The Bertz CT molecular complexity index is 1190. The second-order valence-electron chi connectivity index (χ2n) is 6.51. The highest BCUT2D eigenvalue weighted by Gasteiger charge is 2.17. The highest BCUT2D eigenvalue weighted by Crippen LogP contribution is 2.21. The van der Waals surface area contributed by atoms with E-state index in [4.69, 9.17) is 9.47 Å². The molecule has 13 heteroatoms. The van der Waals surface area contributed by atoms with Gasteiger partial charge in [0.05, 0.1) is 35.4 Å². The summed E-state index contributed by atoms with van der Waals surface area (Å²) in [7, 11) is -1.18. The van der Waals surface area contributed by atoms with Crippen molar-refractivity contribution >= 4 is 50.0 Å². The summed E-state index contributed by atoms with van der Waals surface area (Å²) < 4.78 is 40.5. The van der Waals surface area contributed by atoms with Gasteiger partial charge in [0.15, 0.2) is 5.82 Å². The first-order valence-electron chi connectivity index (χ1n) is 9.29. The molecule has 1 aromatic carbocycles. The Morgan fingerprint density at radius 2 is 1.88 bits per heavy atom. The lowest BCUT2D eigenvalue weighted by molar-refractivity contribution is -0.116. The molecule has 0 fully saturated rings. The molecule has 3 aromatic rings. The standard InChI is InChI=1S/C19H21IN6O5S/c1-12-15(20)11-21-26(12)9-8-17(27)22-13-4-6-14(7-5-13)32(28,29)25-16-10-18(30-2)24-19(23-16)31-3/h4-7,10-11H,8-9H2,1-3H3,(H,22,27)(H,23,24,25). The number of amides is 1. The van der Waals surface area contributed by atoms with Crippen LogP contribution in [0.5, 0.6) is 11.9 Å². The number of carbonyl (C=O) groups excluding carboxylic acids is 1. The maximum Gasteiger partial charge on any atom is 0.321 e. The van der Waals surface area contributed by atoms with Gasteiger partial charge in [-0.25, -0.2) is 8.42 Å². The van der Waals surface area contributed by atoms with Crippen molar-refractivity contribution in [1.29, 1.82) is 0 Å². The highest BCUT2D eigenvalue weighted by molar-refractivity contribution is 14.1. The number of benzene rings is 1. The van der Waals surface area contributed by atoms with Crippen molar-refractivity contribution in [2.45, 2.75) is 24.8 Å². The lowest BCUT2D eigenvalue weighted by Gasteiger charge is -2.10. The fraction of sp³-hybridized carbons (Fsp3) is 0.263. The van der Waals surface area contributed by atoms with Gasteiger partial charge in [-0.2, -0.15) is 15.1 Å². The predicted molar refractivity (Wildman–Crippen MR) is 125 cm³/mol. The second-order valence-corrected chi connectivity index (χ2v) is 9.36. The Labute approximate surface area is 198 Å². The van der Waals surface area contributed by atoms with Gasteiger partial charge >= 0.3 is 6.01 Å². The van der Waals surface area contributed by atoms with Gasteiger partial charge in [0, 0.05) is 23.9 Å². The summed E-state index contributed by atoms with van der Waals surface area (Å²) in [6.45, 7) is 2.39. The quantitative estimate of drug-likeness (QED) is 0.373. The molecular weight excluding hydrogens is 551 g/mol. The molecule has 2 heterocycles. The SMILES string of the molecule is COc1cc(NS(=O)(=O)c2ccc(NC(=O)CCn3ncc(I)c3C)cc2)nc(OC)n1. The predicted octanol–water partition coefficient (Wildman–Crippen LogP) is 2.43. The summed E-state index contributed by atoms with van der Waals surface area (Å²) in [5.74, 6) is -0.0638. The van der Waals surface area contributed by atoms with Crippen LogP contribution in [-0.4, -0.2) is 48.3 Å². The van der Waals surface area contributed by atoms with Crippen molar-refractivity contribution < 1.29 is 22.7 Å². The van der Waals surface area contributed by atoms with Crippen molar-refractivity contribution in [3.8, 4) is 11.9 Å². The zero-order valence-corrected chi connectivity index (χ0v) is 20.5. The first-order valence-corrected chi connectivity index (χ1v) is 11.9. The molecule has 0 saturated heterocycles. The third-order valence-corrected chi connectivity index (χ3v) is 6.78. The summed E-state index contributed by atoms with van der Waals surface area (Å²) in [4.78, 5) is 20.1. The number of hydrogen-bond acceptors (Lipinski definition) is 8. The zero-order valence-electron chi connectivity index (χ0n) is 17.5. The van der Waals surface area contributed by atoms with Gasteiger partial charge in [-0.15, -0.1) is 0 Å². The molecule has 0 bridgehead atoms. The van der Waals surface area contributed by atoms with E-state index in [1.54, 1.807) is 10.9 Å². The Kier molecular flexibility index (Phi) is 7.50. The normalized spacial score (nSPS) is 11.1. The summed E-state index contributed by atoms with van der Waals surface area (Å²) in [6.07, 6.45) is 1.98. The molecule has 0 atom stereocenters. The van der Waals surface area contributed by atoms with E-state index in [0.29, 0.717) is 12.2 Å². The third-order valence-electron chi connectivity index (χ3n) is 4.36. The number of methoxy groups -OCH3 is 2. The Morgan fingerprint density at radius 3 is 2.47 bits per heavy atom. The molecular formula is C19H21IN6O5S. The minimum atomic E-state index is -3.93. The van der Waals surface area contributed by atoms with Crippen LogP contribution in [0.25, 0.3) is 0 Å². The third kappa shape index (κ3) is 5.85. The minimum Gasteiger partial charge on any atom is -0.481 e. The number of carbonyl (C=O) groups is 1. The Morgan fingerprint density at radius 1 is 1.16 bits per heavy atom. The first-order chi connectivity index (χ1) is 15.2. The van der Waals surface area contributed by atoms with E-state index in [0.717, 1.165) is 9.26 Å². The van der Waals surface area contributed by atoms with E-state index >= 15 is 0 Å². The van der Waals surface area contributed by atoms with Crippen LogP contribution < -0.4 is 19.5 Å². The van der Waals surface area contributed by atoms with Crippen molar-refractivity contribution in [3.05, 3.63) is 45.8 Å². The summed E-state index contributed by atoms with van der Waals surface area (Å²) in [6, 6.07) is 7.07. The van der Waals surface area contributed by atoms with Crippen LogP contribution in [0.15, 0.2) is 41.4 Å². The summed E-state index contributed by atoms with van der Waals surface area (Å²) in [5.41, 5.74) is 1.48. The fourth-order valence-corrected chi connectivity index (χ4v) is 4.04. The van der Waals surface area contributed by atoms with Crippen molar-refractivity contribution in [3.63, 3.8) is 0 Å². The molecule has 0 aliphatic heterocycles. The molecule has 0 aliphatic rings. The van der Waals surface area contributed by atoms with Crippen LogP contribution in [0, 0.1) is 10.5 Å². The molecule has 0 spiro atoms. The first kappa shape index (κ1) is 23.7. The number of ether oxygens (including phenoxy) is 2. The van der Waals surface area contributed by atoms with Gasteiger partial charge in [0.2, 0.25) is 11.8 Å². The molecule has 2 N–H and O–H groups in total. The molecule has 32 heavy (non-hydrogen) atoms. The number of nitrogens with one attached hydrogen (secondary N) is 2. The lowest BCUT2D eigenvalue weighted by atomic mass is 10.3. The maximum atomic E-state index is 12.7. The zero-order chi connectivity index (χ0) is 23.3. The molecule has 0 radical (unpaired) electrons. The molecule has 0 unspecified atom stereocenters. The molecule has 3 rings (SSSR count). The summed E-state index contributed by atoms with van der Waals surface area (Å²) in [5, 5.41) is 6.97. The Hall–Kier alpha value is -2.94. The number of halogens is 1. The topological polar surface area (TPSA) is 137 Å². The number of rotatable bonds is 9.